The number of rotatable bonds is 5. The highest BCUT2D eigenvalue weighted by molar-refractivity contribution is 7.15. The standard InChI is InChI=1S/C23H19N5O4S/c1-23(12-18(29)25-17-8-4-5-10-28(17)23)21(32)26-22-24-13-14(33-22)9-11-27-19(30)15-6-2-3-7-16(15)20(27)31/h2-8,10,13H,9,11-12H2,1H3,(H,24,26,32). The number of nitrogens with one attached hydrogen (secondary N) is 1. The number of amidine groups is 1. The molecule has 1 N–H and O–H groups in total. The van der Waals surface area contributed by atoms with Crippen molar-refractivity contribution in [2.75, 3.05) is 11.9 Å². The summed E-state index contributed by atoms with van der Waals surface area (Å²) in [4.78, 5) is 62.3. The van der Waals surface area contributed by atoms with Crippen molar-refractivity contribution in [3.63, 3.8) is 0 Å². The summed E-state index contributed by atoms with van der Waals surface area (Å²) < 4.78 is 0. The number of anilines is 1. The molecule has 1 aromatic carbocycles. The number of benzene rings is 1. The van der Waals surface area contributed by atoms with Gasteiger partial charge in [0.2, 0.25) is 0 Å². The second-order valence-electron chi connectivity index (χ2n) is 8.03. The first-order valence-electron chi connectivity index (χ1n) is 10.3. The number of hydrogen-bond donors (Lipinski definition) is 1. The zero-order valence-electron chi connectivity index (χ0n) is 17.6. The number of fused-ring (bicyclic) bond motifs is 2. The van der Waals surface area contributed by atoms with E-state index in [2.05, 4.69) is 15.3 Å². The molecule has 5 rings (SSSR count). The van der Waals surface area contributed by atoms with Crippen LogP contribution in [-0.4, -0.2) is 56.3 Å². The minimum Gasteiger partial charge on any atom is -0.317 e. The summed E-state index contributed by atoms with van der Waals surface area (Å²) in [6.45, 7) is 1.91. The molecule has 33 heavy (non-hydrogen) atoms. The number of nitrogens with zero attached hydrogens (tertiary/aromatic N) is 4. The molecule has 4 heterocycles. The van der Waals surface area contributed by atoms with Crippen LogP contribution < -0.4 is 5.32 Å². The average Bonchev–Trinajstić information content (AvgIpc) is 3.34. The van der Waals surface area contributed by atoms with E-state index >= 15 is 0 Å². The number of carbonyl (C=O) groups excluding carboxylic acids is 4. The van der Waals surface area contributed by atoms with Crippen LogP contribution in [0, 0.1) is 0 Å². The average molecular weight is 462 g/mol. The van der Waals surface area contributed by atoms with Crippen LogP contribution in [0.5, 0.6) is 0 Å². The predicted molar refractivity (Wildman–Crippen MR) is 122 cm³/mol. The van der Waals surface area contributed by atoms with Crippen molar-refractivity contribution in [1.82, 2.24) is 14.8 Å². The van der Waals surface area contributed by atoms with Crippen molar-refractivity contribution in [3.05, 3.63) is 70.9 Å². The molecule has 1 aromatic heterocycles. The highest BCUT2D eigenvalue weighted by atomic mass is 32.1. The third kappa shape index (κ3) is 3.58. The molecule has 1 unspecified atom stereocenters. The Balaban J connectivity index is 1.25. The first-order chi connectivity index (χ1) is 15.9. The first kappa shape index (κ1) is 21.0. The van der Waals surface area contributed by atoms with Crippen LogP contribution in [0.3, 0.4) is 0 Å². The van der Waals surface area contributed by atoms with Crippen molar-refractivity contribution >= 4 is 45.9 Å². The molecule has 3 aliphatic heterocycles. The molecule has 2 aromatic rings. The maximum absolute atomic E-state index is 13.1. The minimum atomic E-state index is -1.14. The molecule has 10 heteroatoms. The van der Waals surface area contributed by atoms with E-state index in [9.17, 15) is 19.2 Å². The maximum Gasteiger partial charge on any atom is 0.261 e. The third-order valence-electron chi connectivity index (χ3n) is 5.83. The van der Waals surface area contributed by atoms with Crippen LogP contribution in [0.25, 0.3) is 0 Å². The largest absolute Gasteiger partial charge is 0.317 e. The fraction of sp³-hybridized carbons (Fsp3) is 0.217. The highest BCUT2D eigenvalue weighted by Crippen LogP contribution is 2.30. The molecule has 166 valence electrons. The number of hydrogen-bond acceptors (Lipinski definition) is 7. The molecule has 4 amide bonds. The smallest absolute Gasteiger partial charge is 0.261 e. The van der Waals surface area contributed by atoms with Gasteiger partial charge in [-0.2, -0.15) is 4.99 Å². The lowest BCUT2D eigenvalue weighted by Crippen LogP contribution is -2.58. The van der Waals surface area contributed by atoms with Gasteiger partial charge in [-0.05, 0) is 31.2 Å². The lowest BCUT2D eigenvalue weighted by Gasteiger charge is -2.41. The molecule has 9 nitrogen and oxygen atoms in total. The number of allylic oxidation sites excluding steroid dienone is 2. The van der Waals surface area contributed by atoms with Gasteiger partial charge in [-0.25, -0.2) is 4.98 Å². The maximum atomic E-state index is 13.1. The van der Waals surface area contributed by atoms with E-state index in [1.807, 2.05) is 0 Å². The van der Waals surface area contributed by atoms with E-state index in [1.165, 1.54) is 16.2 Å². The van der Waals surface area contributed by atoms with E-state index in [0.29, 0.717) is 28.5 Å². The van der Waals surface area contributed by atoms with Gasteiger partial charge < -0.3 is 4.90 Å². The molecule has 3 aliphatic rings. The number of aliphatic imine (C=N–C) groups is 1. The summed E-state index contributed by atoms with van der Waals surface area (Å²) in [6.07, 6.45) is 8.92. The fourth-order valence-electron chi connectivity index (χ4n) is 4.06. The van der Waals surface area contributed by atoms with Gasteiger partial charge in [0.1, 0.15) is 11.4 Å². The van der Waals surface area contributed by atoms with Crippen LogP contribution in [0.2, 0.25) is 0 Å². The molecule has 0 saturated carbocycles. The van der Waals surface area contributed by atoms with Gasteiger partial charge in [-0.15, -0.1) is 11.3 Å². The monoisotopic (exact) mass is 461 g/mol. The Morgan fingerprint density at radius 1 is 1.15 bits per heavy atom. The Labute approximate surface area is 193 Å². The molecule has 0 bridgehead atoms. The lowest BCUT2D eigenvalue weighted by molar-refractivity contribution is -0.130. The van der Waals surface area contributed by atoms with Gasteiger partial charge in [0.15, 0.2) is 5.13 Å². The topological polar surface area (TPSA) is 112 Å². The molecular formula is C23H19N5O4S. The van der Waals surface area contributed by atoms with Crippen molar-refractivity contribution in [1.29, 1.82) is 0 Å². The fourth-order valence-corrected chi connectivity index (χ4v) is 4.85. The number of aromatic nitrogens is 1. The van der Waals surface area contributed by atoms with Crippen LogP contribution in [0.4, 0.5) is 5.13 Å². The molecular weight excluding hydrogens is 442 g/mol. The number of thiazole rings is 1. The number of amides is 4. The summed E-state index contributed by atoms with van der Waals surface area (Å²) in [5, 5.41) is 3.18. The minimum absolute atomic E-state index is 0.0571. The zero-order chi connectivity index (χ0) is 23.2. The molecule has 0 saturated heterocycles. The van der Waals surface area contributed by atoms with E-state index in [-0.39, 0.29) is 36.6 Å². The Kier molecular flexibility index (Phi) is 5.01. The molecule has 0 spiro atoms. The second-order valence-corrected chi connectivity index (χ2v) is 9.14. The first-order valence-corrected chi connectivity index (χ1v) is 11.2. The van der Waals surface area contributed by atoms with E-state index in [4.69, 9.17) is 0 Å². The Morgan fingerprint density at radius 3 is 2.61 bits per heavy atom. The summed E-state index contributed by atoms with van der Waals surface area (Å²) >= 11 is 1.27. The number of imide groups is 1. The van der Waals surface area contributed by atoms with Gasteiger partial charge >= 0.3 is 0 Å². The second kappa shape index (κ2) is 7.89. The van der Waals surface area contributed by atoms with Crippen LogP contribution >= 0.6 is 11.3 Å². The summed E-state index contributed by atoms with van der Waals surface area (Å²) in [5.74, 6) is -0.912. The van der Waals surface area contributed by atoms with Crippen molar-refractivity contribution in [2.24, 2.45) is 4.99 Å². The number of carbonyl (C=O) groups is 4. The highest BCUT2D eigenvalue weighted by Gasteiger charge is 2.45. The van der Waals surface area contributed by atoms with Crippen molar-refractivity contribution in [2.45, 2.75) is 25.3 Å². The van der Waals surface area contributed by atoms with Gasteiger partial charge in [0.25, 0.3) is 23.6 Å². The van der Waals surface area contributed by atoms with Crippen LogP contribution in [0.15, 0.2) is 59.9 Å². The molecule has 0 fully saturated rings. The van der Waals surface area contributed by atoms with Gasteiger partial charge in [0.05, 0.1) is 17.5 Å². The predicted octanol–water partition coefficient (Wildman–Crippen LogP) is 2.39. The SMILES string of the molecule is CC1(C(=O)Nc2ncc(CCN3C(=O)c4ccccc4C3=O)s2)CC(=O)N=C2C=CC=CN21. The third-order valence-corrected chi connectivity index (χ3v) is 6.80. The van der Waals surface area contributed by atoms with Crippen LogP contribution in [0.1, 0.15) is 38.9 Å². The van der Waals surface area contributed by atoms with E-state index in [0.717, 1.165) is 4.88 Å². The summed E-state index contributed by atoms with van der Waals surface area (Å²) in [5.41, 5.74) is -0.305. The summed E-state index contributed by atoms with van der Waals surface area (Å²) in [7, 11) is 0. The quantitative estimate of drug-likeness (QED) is 0.685. The van der Waals surface area contributed by atoms with E-state index in [1.54, 1.807) is 66.7 Å². The van der Waals surface area contributed by atoms with Crippen molar-refractivity contribution < 1.29 is 19.2 Å². The summed E-state index contributed by atoms with van der Waals surface area (Å²) in [6, 6.07) is 6.76. The molecule has 0 radical (unpaired) electrons. The molecule has 1 atom stereocenters. The molecule has 0 aliphatic carbocycles. The lowest BCUT2D eigenvalue weighted by atomic mass is 9.91. The van der Waals surface area contributed by atoms with Gasteiger partial charge in [-0.3, -0.25) is 29.4 Å². The Hall–Kier alpha value is -3.92. The van der Waals surface area contributed by atoms with Crippen molar-refractivity contribution in [3.8, 4) is 0 Å². The van der Waals surface area contributed by atoms with Gasteiger partial charge in [-0.1, -0.05) is 18.2 Å². The normalized spacial score (nSPS) is 21.2. The van der Waals surface area contributed by atoms with Gasteiger partial charge in [0, 0.05) is 30.2 Å². The zero-order valence-corrected chi connectivity index (χ0v) is 18.5. The van der Waals surface area contributed by atoms with Crippen LogP contribution in [-0.2, 0) is 16.0 Å². The van der Waals surface area contributed by atoms with E-state index < -0.39 is 5.54 Å². The Morgan fingerprint density at radius 2 is 1.88 bits per heavy atom. The Bertz CT molecular complexity index is 1260.